The predicted molar refractivity (Wildman–Crippen MR) is 54.4 cm³/mol. The lowest BCUT2D eigenvalue weighted by molar-refractivity contribution is -0.122. The topological polar surface area (TPSA) is 20.3 Å². The molecule has 0 unspecified atom stereocenters. The Kier molecular flexibility index (Phi) is 10.3. The van der Waals surface area contributed by atoms with Crippen LogP contribution in [0.15, 0.2) is 0 Å². The van der Waals surface area contributed by atoms with Crippen molar-refractivity contribution in [3.05, 3.63) is 0 Å². The molecule has 74 valence electrons. The molecule has 2 nitrogen and oxygen atoms in total. The van der Waals surface area contributed by atoms with Crippen molar-refractivity contribution in [1.82, 2.24) is 4.90 Å². The van der Waals surface area contributed by atoms with Crippen LogP contribution in [-0.4, -0.2) is 31.3 Å². The third kappa shape index (κ3) is 7.73. The SMILES string of the molecule is CC.CCC(=O)[C@H](C)CN(C)C. The van der Waals surface area contributed by atoms with E-state index in [0.29, 0.717) is 12.2 Å². The number of ketones is 1. The second kappa shape index (κ2) is 8.72. The van der Waals surface area contributed by atoms with Crippen molar-refractivity contribution >= 4 is 5.78 Å². The van der Waals surface area contributed by atoms with Crippen molar-refractivity contribution in [3.8, 4) is 0 Å². The lowest BCUT2D eigenvalue weighted by atomic mass is 10.0. The van der Waals surface area contributed by atoms with Crippen LogP contribution in [0.2, 0.25) is 0 Å². The van der Waals surface area contributed by atoms with Crippen LogP contribution < -0.4 is 0 Å². The largest absolute Gasteiger partial charge is 0.309 e. The van der Waals surface area contributed by atoms with Crippen LogP contribution in [-0.2, 0) is 4.79 Å². The molecule has 2 heteroatoms. The number of carbonyl (C=O) groups excluding carboxylic acids is 1. The Morgan fingerprint density at radius 1 is 1.33 bits per heavy atom. The Hall–Kier alpha value is -0.370. The first kappa shape index (κ1) is 14.2. The van der Waals surface area contributed by atoms with Crippen molar-refractivity contribution in [2.45, 2.75) is 34.1 Å². The minimum atomic E-state index is 0.194. The molecule has 0 aliphatic rings. The highest BCUT2D eigenvalue weighted by Gasteiger charge is 2.10. The molecular weight excluding hydrogens is 150 g/mol. The van der Waals surface area contributed by atoms with Crippen LogP contribution in [0.5, 0.6) is 0 Å². The van der Waals surface area contributed by atoms with Crippen molar-refractivity contribution in [3.63, 3.8) is 0 Å². The summed E-state index contributed by atoms with van der Waals surface area (Å²) < 4.78 is 0. The molecule has 0 N–H and O–H groups in total. The van der Waals surface area contributed by atoms with Gasteiger partial charge in [0.05, 0.1) is 0 Å². The van der Waals surface area contributed by atoms with Gasteiger partial charge in [0.25, 0.3) is 0 Å². The fourth-order valence-corrected chi connectivity index (χ4v) is 0.998. The highest BCUT2D eigenvalue weighted by atomic mass is 16.1. The quantitative estimate of drug-likeness (QED) is 0.649. The molecule has 1 atom stereocenters. The van der Waals surface area contributed by atoms with Gasteiger partial charge in [0.1, 0.15) is 5.78 Å². The van der Waals surface area contributed by atoms with Crippen molar-refractivity contribution in [1.29, 1.82) is 0 Å². The predicted octanol–water partition coefficient (Wildman–Crippen LogP) is 2.19. The van der Waals surface area contributed by atoms with E-state index in [2.05, 4.69) is 0 Å². The molecule has 0 aromatic heterocycles. The van der Waals surface area contributed by atoms with Gasteiger partial charge in [-0.2, -0.15) is 0 Å². The first-order chi connectivity index (χ1) is 5.57. The maximum atomic E-state index is 11.0. The van der Waals surface area contributed by atoms with E-state index in [9.17, 15) is 4.79 Å². The number of carbonyl (C=O) groups is 1. The van der Waals surface area contributed by atoms with Gasteiger partial charge in [-0.3, -0.25) is 4.79 Å². The zero-order valence-corrected chi connectivity index (χ0v) is 9.35. The molecule has 12 heavy (non-hydrogen) atoms. The Balaban J connectivity index is 0. The van der Waals surface area contributed by atoms with E-state index < -0.39 is 0 Å². The van der Waals surface area contributed by atoms with Crippen molar-refractivity contribution < 1.29 is 4.79 Å². The molecule has 0 saturated carbocycles. The Morgan fingerprint density at radius 2 is 1.75 bits per heavy atom. The summed E-state index contributed by atoms with van der Waals surface area (Å²) in [5, 5.41) is 0. The zero-order chi connectivity index (χ0) is 10.1. The second-order valence-electron chi connectivity index (χ2n) is 2.98. The summed E-state index contributed by atoms with van der Waals surface area (Å²) in [5.74, 6) is 0.550. The molecule has 0 spiro atoms. The monoisotopic (exact) mass is 173 g/mol. The number of hydrogen-bond acceptors (Lipinski definition) is 2. The van der Waals surface area contributed by atoms with E-state index in [1.807, 2.05) is 46.7 Å². The van der Waals surface area contributed by atoms with Gasteiger partial charge in [-0.1, -0.05) is 27.7 Å². The van der Waals surface area contributed by atoms with Crippen LogP contribution >= 0.6 is 0 Å². The molecule has 0 aromatic carbocycles. The summed E-state index contributed by atoms with van der Waals surface area (Å²) >= 11 is 0. The summed E-state index contributed by atoms with van der Waals surface area (Å²) in [7, 11) is 3.97. The van der Waals surface area contributed by atoms with E-state index in [4.69, 9.17) is 0 Å². The Morgan fingerprint density at radius 3 is 2.00 bits per heavy atom. The van der Waals surface area contributed by atoms with Crippen LogP contribution in [0.1, 0.15) is 34.1 Å². The smallest absolute Gasteiger partial charge is 0.136 e. The molecule has 0 aliphatic heterocycles. The lowest BCUT2D eigenvalue weighted by Crippen LogP contribution is -2.25. The van der Waals surface area contributed by atoms with Crippen LogP contribution in [0.25, 0.3) is 0 Å². The van der Waals surface area contributed by atoms with E-state index in [1.165, 1.54) is 0 Å². The van der Waals surface area contributed by atoms with Crippen LogP contribution in [0, 0.1) is 5.92 Å². The first-order valence-electron chi connectivity index (χ1n) is 4.75. The van der Waals surface area contributed by atoms with Gasteiger partial charge >= 0.3 is 0 Å². The average molecular weight is 173 g/mol. The zero-order valence-electron chi connectivity index (χ0n) is 9.35. The van der Waals surface area contributed by atoms with Crippen LogP contribution in [0.3, 0.4) is 0 Å². The number of rotatable bonds is 4. The van der Waals surface area contributed by atoms with Gasteiger partial charge in [0.2, 0.25) is 0 Å². The molecule has 0 radical (unpaired) electrons. The minimum Gasteiger partial charge on any atom is -0.309 e. The number of nitrogens with zero attached hydrogens (tertiary/aromatic N) is 1. The Labute approximate surface area is 77.0 Å². The maximum Gasteiger partial charge on any atom is 0.136 e. The van der Waals surface area contributed by atoms with E-state index in [0.717, 1.165) is 6.54 Å². The fourth-order valence-electron chi connectivity index (χ4n) is 0.998. The molecule has 0 fully saturated rings. The third-order valence-corrected chi connectivity index (χ3v) is 1.54. The van der Waals surface area contributed by atoms with E-state index in [-0.39, 0.29) is 5.92 Å². The molecule has 0 aliphatic carbocycles. The van der Waals surface area contributed by atoms with Gasteiger partial charge in [-0.15, -0.1) is 0 Å². The molecule has 0 amide bonds. The van der Waals surface area contributed by atoms with Gasteiger partial charge in [-0.05, 0) is 14.1 Å². The molecule has 0 saturated heterocycles. The molecule has 0 aromatic rings. The van der Waals surface area contributed by atoms with Crippen molar-refractivity contribution in [2.24, 2.45) is 5.92 Å². The van der Waals surface area contributed by atoms with Gasteiger partial charge < -0.3 is 4.90 Å². The van der Waals surface area contributed by atoms with E-state index in [1.54, 1.807) is 0 Å². The second-order valence-corrected chi connectivity index (χ2v) is 2.98. The summed E-state index contributed by atoms with van der Waals surface area (Å²) in [6.07, 6.45) is 0.662. The van der Waals surface area contributed by atoms with Crippen LogP contribution in [0.4, 0.5) is 0 Å². The average Bonchev–Trinajstić information content (AvgIpc) is 2.05. The first-order valence-corrected chi connectivity index (χ1v) is 4.75. The summed E-state index contributed by atoms with van der Waals surface area (Å²) in [4.78, 5) is 13.1. The third-order valence-electron chi connectivity index (χ3n) is 1.54. The highest BCUT2D eigenvalue weighted by Crippen LogP contribution is 2.00. The molecular formula is C10H23NO. The van der Waals surface area contributed by atoms with Gasteiger partial charge in [0, 0.05) is 18.9 Å². The standard InChI is InChI=1S/C8H17NO.C2H6/c1-5-8(10)7(2)6-9(3)4;1-2/h7H,5-6H2,1-4H3;1-2H3/t7-;/m1./s1. The minimum absolute atomic E-state index is 0.194. The highest BCUT2D eigenvalue weighted by molar-refractivity contribution is 5.80. The number of Topliss-reactive ketones (excluding diaryl/α,β-unsaturated/α-hetero) is 1. The van der Waals surface area contributed by atoms with Gasteiger partial charge in [-0.25, -0.2) is 0 Å². The summed E-state index contributed by atoms with van der Waals surface area (Å²) in [6, 6.07) is 0. The lowest BCUT2D eigenvalue weighted by Gasteiger charge is -2.14. The van der Waals surface area contributed by atoms with E-state index >= 15 is 0 Å². The summed E-state index contributed by atoms with van der Waals surface area (Å²) in [5.41, 5.74) is 0. The molecule has 0 heterocycles. The normalized spacial score (nSPS) is 11.9. The molecule has 0 rings (SSSR count). The maximum absolute atomic E-state index is 11.0. The Bertz CT molecular complexity index is 110. The summed E-state index contributed by atoms with van der Waals surface area (Å²) in [6.45, 7) is 8.76. The fraction of sp³-hybridized carbons (Fsp3) is 0.900. The van der Waals surface area contributed by atoms with Gasteiger partial charge in [0.15, 0.2) is 0 Å². The van der Waals surface area contributed by atoms with Crippen molar-refractivity contribution in [2.75, 3.05) is 20.6 Å². The molecule has 0 bridgehead atoms. The number of hydrogen-bond donors (Lipinski definition) is 0.